The minimum Gasteiger partial charge on any atom is -0.383 e. The van der Waals surface area contributed by atoms with Gasteiger partial charge in [0.1, 0.15) is 0 Å². The zero-order valence-corrected chi connectivity index (χ0v) is 11.4. The third kappa shape index (κ3) is 3.34. The molecule has 2 aromatic heterocycles. The van der Waals surface area contributed by atoms with Crippen LogP contribution < -0.4 is 5.32 Å². The van der Waals surface area contributed by atoms with Gasteiger partial charge < -0.3 is 10.1 Å². The summed E-state index contributed by atoms with van der Waals surface area (Å²) in [5, 5.41) is 19.3. The highest BCUT2D eigenvalue weighted by Crippen LogP contribution is 2.11. The fraction of sp³-hybridized carbons (Fsp3) is 0.545. The Kier molecular flexibility index (Phi) is 4.80. The highest BCUT2D eigenvalue weighted by molar-refractivity contribution is 7.07. The van der Waals surface area contributed by atoms with Crippen LogP contribution in [-0.4, -0.2) is 40.5 Å². The second-order valence-electron chi connectivity index (χ2n) is 3.99. The van der Waals surface area contributed by atoms with E-state index in [0.29, 0.717) is 13.2 Å². The zero-order chi connectivity index (χ0) is 12.8. The normalized spacial score (nSPS) is 12.8. The number of thiophene rings is 1. The van der Waals surface area contributed by atoms with Crippen LogP contribution in [0.2, 0.25) is 0 Å². The van der Waals surface area contributed by atoms with Crippen molar-refractivity contribution in [2.24, 2.45) is 0 Å². The topological polar surface area (TPSA) is 64.9 Å². The number of aromatic nitrogens is 4. The summed E-state index contributed by atoms with van der Waals surface area (Å²) in [6.45, 7) is 4.22. The van der Waals surface area contributed by atoms with Crippen molar-refractivity contribution in [1.29, 1.82) is 0 Å². The molecule has 0 fully saturated rings. The lowest BCUT2D eigenvalue weighted by molar-refractivity contribution is 0.196. The molecule has 0 bridgehead atoms. The maximum atomic E-state index is 5.01. The van der Waals surface area contributed by atoms with E-state index in [1.807, 2.05) is 11.6 Å². The van der Waals surface area contributed by atoms with E-state index in [9.17, 15) is 0 Å². The molecule has 98 valence electrons. The molecule has 0 amide bonds. The molecule has 6 nitrogen and oxygen atoms in total. The first-order chi connectivity index (χ1) is 8.81. The molecule has 1 N–H and O–H groups in total. The van der Waals surface area contributed by atoms with Crippen LogP contribution in [0.15, 0.2) is 16.8 Å². The molecular formula is C11H17N5OS. The Balaban J connectivity index is 1.98. The molecule has 0 saturated carbocycles. The smallest absolute Gasteiger partial charge is 0.168 e. The second kappa shape index (κ2) is 6.58. The lowest BCUT2D eigenvalue weighted by atomic mass is 10.3. The molecule has 2 aromatic rings. The number of hydrogen-bond donors (Lipinski definition) is 1. The van der Waals surface area contributed by atoms with Crippen molar-refractivity contribution in [3.63, 3.8) is 0 Å². The summed E-state index contributed by atoms with van der Waals surface area (Å²) < 4.78 is 6.83. The van der Waals surface area contributed by atoms with Crippen molar-refractivity contribution >= 4 is 11.3 Å². The van der Waals surface area contributed by atoms with Gasteiger partial charge >= 0.3 is 0 Å². The van der Waals surface area contributed by atoms with Gasteiger partial charge in [-0.1, -0.05) is 0 Å². The van der Waals surface area contributed by atoms with E-state index < -0.39 is 0 Å². The van der Waals surface area contributed by atoms with Gasteiger partial charge in [0, 0.05) is 13.7 Å². The first-order valence-corrected chi connectivity index (χ1v) is 6.75. The first kappa shape index (κ1) is 13.1. The maximum Gasteiger partial charge on any atom is 0.168 e. The van der Waals surface area contributed by atoms with Gasteiger partial charge in [0.2, 0.25) is 0 Å². The van der Waals surface area contributed by atoms with Gasteiger partial charge in [0.15, 0.2) is 5.82 Å². The quantitative estimate of drug-likeness (QED) is 0.760. The number of ether oxygens (including phenoxy) is 1. The summed E-state index contributed by atoms with van der Waals surface area (Å²) in [5.74, 6) is 0.845. The minimum atomic E-state index is 0.105. The van der Waals surface area contributed by atoms with Crippen molar-refractivity contribution in [1.82, 2.24) is 25.5 Å². The third-order valence-corrected chi connectivity index (χ3v) is 3.35. The summed E-state index contributed by atoms with van der Waals surface area (Å²) in [4.78, 5) is 0. The summed E-state index contributed by atoms with van der Waals surface area (Å²) in [6, 6.07) is 2.19. The van der Waals surface area contributed by atoms with Crippen molar-refractivity contribution in [3.8, 4) is 0 Å². The highest BCUT2D eigenvalue weighted by atomic mass is 32.1. The van der Waals surface area contributed by atoms with Crippen LogP contribution in [0.3, 0.4) is 0 Å². The molecule has 0 aromatic carbocycles. The Morgan fingerprint density at radius 2 is 2.44 bits per heavy atom. The molecule has 2 rings (SSSR count). The maximum absolute atomic E-state index is 5.01. The van der Waals surface area contributed by atoms with E-state index in [0.717, 1.165) is 12.4 Å². The number of nitrogens with zero attached hydrogens (tertiary/aromatic N) is 4. The average molecular weight is 267 g/mol. The van der Waals surface area contributed by atoms with E-state index >= 15 is 0 Å². The molecular weight excluding hydrogens is 250 g/mol. The van der Waals surface area contributed by atoms with Crippen LogP contribution in [0.1, 0.15) is 24.4 Å². The van der Waals surface area contributed by atoms with Gasteiger partial charge in [-0.3, -0.25) is 0 Å². The molecule has 0 aliphatic carbocycles. The van der Waals surface area contributed by atoms with E-state index in [2.05, 4.69) is 37.7 Å². The Morgan fingerprint density at radius 3 is 3.17 bits per heavy atom. The SMILES string of the molecule is COCCNC(C)c1nnnn1Cc1ccsc1. The first-order valence-electron chi connectivity index (χ1n) is 5.80. The number of tetrazole rings is 1. The highest BCUT2D eigenvalue weighted by Gasteiger charge is 2.14. The lowest BCUT2D eigenvalue weighted by Crippen LogP contribution is -2.25. The zero-order valence-electron chi connectivity index (χ0n) is 10.5. The van der Waals surface area contributed by atoms with Gasteiger partial charge in [-0.2, -0.15) is 11.3 Å². The predicted octanol–water partition coefficient (Wildman–Crippen LogP) is 1.08. The number of nitrogens with one attached hydrogen (secondary N) is 1. The molecule has 0 saturated heterocycles. The number of rotatable bonds is 7. The van der Waals surface area contributed by atoms with Gasteiger partial charge in [-0.15, -0.1) is 5.10 Å². The average Bonchev–Trinajstić information content (AvgIpc) is 3.01. The van der Waals surface area contributed by atoms with Gasteiger partial charge in [-0.05, 0) is 39.7 Å². The molecule has 1 atom stereocenters. The van der Waals surface area contributed by atoms with Crippen molar-refractivity contribution in [3.05, 3.63) is 28.2 Å². The fourth-order valence-corrected chi connectivity index (χ4v) is 2.32. The van der Waals surface area contributed by atoms with Gasteiger partial charge in [0.25, 0.3) is 0 Å². The molecule has 0 aliphatic rings. The van der Waals surface area contributed by atoms with Crippen molar-refractivity contribution in [2.45, 2.75) is 19.5 Å². The Morgan fingerprint density at radius 1 is 1.56 bits per heavy atom. The minimum absolute atomic E-state index is 0.105. The molecule has 0 radical (unpaired) electrons. The second-order valence-corrected chi connectivity index (χ2v) is 4.77. The molecule has 0 spiro atoms. The third-order valence-electron chi connectivity index (χ3n) is 2.62. The van der Waals surface area contributed by atoms with Crippen LogP contribution >= 0.6 is 11.3 Å². The number of methoxy groups -OCH3 is 1. The summed E-state index contributed by atoms with van der Waals surface area (Å²) in [5.41, 5.74) is 1.22. The van der Waals surface area contributed by atoms with Crippen molar-refractivity contribution < 1.29 is 4.74 Å². The molecule has 1 unspecified atom stereocenters. The van der Waals surface area contributed by atoms with Gasteiger partial charge in [0.05, 0.1) is 19.2 Å². The molecule has 2 heterocycles. The number of hydrogen-bond acceptors (Lipinski definition) is 6. The molecule has 0 aliphatic heterocycles. The van der Waals surface area contributed by atoms with Crippen LogP contribution in [0.5, 0.6) is 0 Å². The standard InChI is InChI=1S/C11H17N5OS/c1-9(12-4-5-17-2)11-13-14-15-16(11)7-10-3-6-18-8-10/h3,6,8-9,12H,4-5,7H2,1-2H3. The molecule has 7 heteroatoms. The largest absolute Gasteiger partial charge is 0.383 e. The summed E-state index contributed by atoms with van der Waals surface area (Å²) in [7, 11) is 1.69. The van der Waals surface area contributed by atoms with Crippen LogP contribution in [-0.2, 0) is 11.3 Å². The van der Waals surface area contributed by atoms with Crippen LogP contribution in [0, 0.1) is 0 Å². The Bertz CT molecular complexity index is 456. The summed E-state index contributed by atoms with van der Waals surface area (Å²) in [6.07, 6.45) is 0. The lowest BCUT2D eigenvalue weighted by Gasteiger charge is -2.12. The Hall–Kier alpha value is -1.31. The van der Waals surface area contributed by atoms with Crippen LogP contribution in [0.4, 0.5) is 0 Å². The van der Waals surface area contributed by atoms with E-state index in [1.54, 1.807) is 18.4 Å². The monoisotopic (exact) mass is 267 g/mol. The van der Waals surface area contributed by atoms with Crippen LogP contribution in [0.25, 0.3) is 0 Å². The molecule has 18 heavy (non-hydrogen) atoms. The Labute approximate surface area is 110 Å². The summed E-state index contributed by atoms with van der Waals surface area (Å²) >= 11 is 1.68. The fourth-order valence-electron chi connectivity index (χ4n) is 1.66. The van der Waals surface area contributed by atoms with E-state index in [4.69, 9.17) is 4.74 Å². The predicted molar refractivity (Wildman–Crippen MR) is 69.5 cm³/mol. The van der Waals surface area contributed by atoms with E-state index in [1.165, 1.54) is 5.56 Å². The van der Waals surface area contributed by atoms with E-state index in [-0.39, 0.29) is 6.04 Å². The van der Waals surface area contributed by atoms with Crippen molar-refractivity contribution in [2.75, 3.05) is 20.3 Å². The van der Waals surface area contributed by atoms with Gasteiger partial charge in [-0.25, -0.2) is 4.68 Å².